The van der Waals surface area contributed by atoms with E-state index in [4.69, 9.17) is 61.2 Å². The zero-order chi connectivity index (χ0) is 23.2. The summed E-state index contributed by atoms with van der Waals surface area (Å²) in [6.45, 7) is 0. The van der Waals surface area contributed by atoms with Gasteiger partial charge in [-0.25, -0.2) is 0 Å². The van der Waals surface area contributed by atoms with Crippen LogP contribution in [0.25, 0.3) is 0 Å². The fourth-order valence-corrected chi connectivity index (χ4v) is 3.56. The third-order valence-corrected chi connectivity index (χ3v) is 5.74. The monoisotopic (exact) mass is 617 g/mol. The third kappa shape index (κ3) is 7.04. The molecule has 2 rings (SSSR count). The largest absolute Gasteiger partial charge is 0.493 e. The van der Waals surface area contributed by atoms with Crippen LogP contribution in [-0.2, 0) is 0 Å². The van der Waals surface area contributed by atoms with Crippen molar-refractivity contribution in [2.45, 2.75) is 9.96 Å². The van der Waals surface area contributed by atoms with Crippen molar-refractivity contribution < 1.29 is 19.0 Å². The van der Waals surface area contributed by atoms with Crippen molar-refractivity contribution in [3.8, 4) is 17.2 Å². The normalized spacial score (nSPS) is 11.8. The molecule has 0 saturated heterocycles. The Morgan fingerprint density at radius 3 is 2.10 bits per heavy atom. The Bertz CT molecular complexity index is 934. The molecule has 1 amide bonds. The SMILES string of the molecule is COc1cc(C(=O)N[C@H](NC(=S)Nc2ccccc2I)C(Cl)(Cl)Cl)cc(OC)c1OC. The molecule has 31 heavy (non-hydrogen) atoms. The number of benzene rings is 2. The fraction of sp³-hybridized carbons (Fsp3) is 0.263. The number of hydrogen-bond donors (Lipinski definition) is 3. The lowest BCUT2D eigenvalue weighted by Gasteiger charge is -2.28. The number of thiocarbonyl (C=S) groups is 1. The minimum atomic E-state index is -1.91. The molecule has 0 saturated carbocycles. The van der Waals surface area contributed by atoms with Gasteiger partial charge in [-0.2, -0.15) is 0 Å². The van der Waals surface area contributed by atoms with Crippen molar-refractivity contribution >= 4 is 86.3 Å². The molecule has 0 aromatic heterocycles. The van der Waals surface area contributed by atoms with Gasteiger partial charge in [-0.3, -0.25) is 4.79 Å². The van der Waals surface area contributed by atoms with Gasteiger partial charge in [-0.05, 0) is 59.1 Å². The highest BCUT2D eigenvalue weighted by molar-refractivity contribution is 14.1. The highest BCUT2D eigenvalue weighted by Crippen LogP contribution is 2.38. The molecule has 0 spiro atoms. The van der Waals surface area contributed by atoms with Crippen LogP contribution in [-0.4, -0.2) is 42.3 Å². The van der Waals surface area contributed by atoms with Gasteiger partial charge >= 0.3 is 0 Å². The summed E-state index contributed by atoms with van der Waals surface area (Å²) in [5.41, 5.74) is 0.964. The number of alkyl halides is 3. The minimum absolute atomic E-state index is 0.158. The van der Waals surface area contributed by atoms with Crippen LogP contribution in [0.3, 0.4) is 0 Å². The number of carbonyl (C=O) groups is 1. The Kier molecular flexibility index (Phi) is 9.56. The van der Waals surface area contributed by atoms with Crippen LogP contribution >= 0.6 is 69.6 Å². The molecule has 0 bridgehead atoms. The second kappa shape index (κ2) is 11.5. The average molecular weight is 619 g/mol. The van der Waals surface area contributed by atoms with Crippen LogP contribution in [0.15, 0.2) is 36.4 Å². The summed E-state index contributed by atoms with van der Waals surface area (Å²) in [7, 11) is 4.35. The van der Waals surface area contributed by atoms with Crippen molar-refractivity contribution in [1.29, 1.82) is 0 Å². The number of carbonyl (C=O) groups excluding carboxylic acids is 1. The van der Waals surface area contributed by atoms with Gasteiger partial charge in [-0.1, -0.05) is 46.9 Å². The number of amides is 1. The fourth-order valence-electron chi connectivity index (χ4n) is 2.48. The zero-order valence-electron chi connectivity index (χ0n) is 16.6. The van der Waals surface area contributed by atoms with Crippen molar-refractivity contribution in [2.24, 2.45) is 0 Å². The van der Waals surface area contributed by atoms with Crippen LogP contribution < -0.4 is 30.2 Å². The van der Waals surface area contributed by atoms with E-state index in [0.717, 1.165) is 9.26 Å². The van der Waals surface area contributed by atoms with E-state index in [0.29, 0.717) is 17.2 Å². The predicted molar refractivity (Wildman–Crippen MR) is 136 cm³/mol. The highest BCUT2D eigenvalue weighted by atomic mass is 127. The van der Waals surface area contributed by atoms with Gasteiger partial charge in [0.15, 0.2) is 16.6 Å². The van der Waals surface area contributed by atoms with Gasteiger partial charge in [0.1, 0.15) is 6.17 Å². The molecule has 1 atom stereocenters. The summed E-state index contributed by atoms with van der Waals surface area (Å²) in [6.07, 6.45) is -1.15. The summed E-state index contributed by atoms with van der Waals surface area (Å²) in [5, 5.41) is 8.60. The van der Waals surface area contributed by atoms with E-state index >= 15 is 0 Å². The molecule has 12 heteroatoms. The summed E-state index contributed by atoms with van der Waals surface area (Å²) >= 11 is 25.7. The van der Waals surface area contributed by atoms with Crippen molar-refractivity contribution in [3.05, 3.63) is 45.5 Å². The molecule has 0 radical (unpaired) electrons. The second-order valence-electron chi connectivity index (χ2n) is 5.94. The maximum Gasteiger partial charge on any atom is 0.253 e. The van der Waals surface area contributed by atoms with Crippen LogP contribution in [0.5, 0.6) is 17.2 Å². The lowest BCUT2D eigenvalue weighted by molar-refractivity contribution is 0.0933. The van der Waals surface area contributed by atoms with Crippen LogP contribution in [0.4, 0.5) is 5.69 Å². The number of anilines is 1. The smallest absolute Gasteiger partial charge is 0.253 e. The van der Waals surface area contributed by atoms with Crippen molar-refractivity contribution in [2.75, 3.05) is 26.6 Å². The van der Waals surface area contributed by atoms with Gasteiger partial charge in [-0.15, -0.1) is 0 Å². The van der Waals surface area contributed by atoms with Crippen LogP contribution in [0.1, 0.15) is 10.4 Å². The first-order chi connectivity index (χ1) is 14.6. The zero-order valence-corrected chi connectivity index (χ0v) is 21.8. The Balaban J connectivity index is 2.22. The Morgan fingerprint density at radius 2 is 1.61 bits per heavy atom. The molecule has 3 N–H and O–H groups in total. The van der Waals surface area contributed by atoms with E-state index < -0.39 is 15.9 Å². The van der Waals surface area contributed by atoms with E-state index in [9.17, 15) is 4.79 Å². The highest BCUT2D eigenvalue weighted by Gasteiger charge is 2.35. The number of rotatable bonds is 7. The average Bonchev–Trinajstić information content (AvgIpc) is 2.72. The first-order valence-corrected chi connectivity index (χ1v) is 11.2. The first-order valence-electron chi connectivity index (χ1n) is 8.60. The Labute approximate surface area is 214 Å². The number of methoxy groups -OCH3 is 3. The molecular weight excluding hydrogens is 600 g/mol. The number of nitrogens with one attached hydrogen (secondary N) is 3. The van der Waals surface area contributed by atoms with Crippen molar-refractivity contribution in [3.63, 3.8) is 0 Å². The molecule has 0 aliphatic rings. The Hall–Kier alpha value is -1.40. The van der Waals surface area contributed by atoms with Gasteiger partial charge in [0.2, 0.25) is 9.54 Å². The third-order valence-electron chi connectivity index (χ3n) is 3.93. The van der Waals surface area contributed by atoms with E-state index in [1.165, 1.54) is 33.5 Å². The van der Waals surface area contributed by atoms with E-state index in [-0.39, 0.29) is 10.7 Å². The van der Waals surface area contributed by atoms with Gasteiger partial charge < -0.3 is 30.2 Å². The molecule has 7 nitrogen and oxygen atoms in total. The lowest BCUT2D eigenvalue weighted by atomic mass is 10.1. The molecule has 168 valence electrons. The molecule has 0 aliphatic carbocycles. The summed E-state index contributed by atoms with van der Waals surface area (Å²) in [6, 6.07) is 10.5. The molecule has 0 aliphatic heterocycles. The molecular formula is C19H19Cl3IN3O4S. The number of hydrogen-bond acceptors (Lipinski definition) is 5. The van der Waals surface area contributed by atoms with E-state index in [1.54, 1.807) is 0 Å². The van der Waals surface area contributed by atoms with Crippen LogP contribution in [0.2, 0.25) is 0 Å². The van der Waals surface area contributed by atoms with Crippen LogP contribution in [0, 0.1) is 3.57 Å². The molecule has 0 unspecified atom stereocenters. The van der Waals surface area contributed by atoms with Gasteiger partial charge in [0.25, 0.3) is 5.91 Å². The lowest BCUT2D eigenvalue weighted by Crippen LogP contribution is -2.56. The quantitative estimate of drug-likeness (QED) is 0.179. The van der Waals surface area contributed by atoms with Gasteiger partial charge in [0.05, 0.1) is 27.0 Å². The molecule has 2 aromatic rings. The summed E-state index contributed by atoms with van der Waals surface area (Å²) in [4.78, 5) is 12.9. The predicted octanol–water partition coefficient (Wildman–Crippen LogP) is 4.73. The summed E-state index contributed by atoms with van der Waals surface area (Å²) < 4.78 is 14.8. The molecule has 0 fully saturated rings. The minimum Gasteiger partial charge on any atom is -0.493 e. The van der Waals surface area contributed by atoms with Gasteiger partial charge in [0, 0.05) is 9.13 Å². The summed E-state index contributed by atoms with van der Waals surface area (Å²) in [5.74, 6) is 0.406. The number of halogens is 4. The van der Waals surface area contributed by atoms with E-state index in [1.807, 2.05) is 24.3 Å². The maximum atomic E-state index is 12.9. The standard InChI is InChI=1S/C19H19Cl3IN3O4S/c1-28-13-8-10(9-14(29-2)15(13)30-3)16(27)25-17(19(20,21)22)26-18(31)24-12-7-5-4-6-11(12)23/h4-9,17H,1-3H3,(H,25,27)(H2,24,26,31)/t17-/m1/s1. The maximum absolute atomic E-state index is 12.9. The second-order valence-corrected chi connectivity index (χ2v) is 9.88. The first kappa shape index (κ1) is 25.9. The number of ether oxygens (including phenoxy) is 3. The molecule has 2 aromatic carbocycles. The number of para-hydroxylation sites is 1. The Morgan fingerprint density at radius 1 is 1.03 bits per heavy atom. The van der Waals surface area contributed by atoms with Crippen molar-refractivity contribution in [1.82, 2.24) is 10.6 Å². The topological polar surface area (TPSA) is 80.9 Å². The molecule has 0 heterocycles. The van der Waals surface area contributed by atoms with E-state index in [2.05, 4.69) is 38.5 Å².